The van der Waals surface area contributed by atoms with Crippen LogP contribution < -0.4 is 10.1 Å². The lowest BCUT2D eigenvalue weighted by Crippen LogP contribution is -2.40. The Morgan fingerprint density at radius 2 is 2.10 bits per heavy atom. The second kappa shape index (κ2) is 6.26. The van der Waals surface area contributed by atoms with Crippen LogP contribution in [0.2, 0.25) is 0 Å². The Balaban J connectivity index is 1.63. The number of hydrogen-bond donors (Lipinski definition) is 1. The molecule has 0 aliphatic carbocycles. The second-order valence-electron chi connectivity index (χ2n) is 4.86. The van der Waals surface area contributed by atoms with Crippen LogP contribution in [0.25, 0.3) is 0 Å². The summed E-state index contributed by atoms with van der Waals surface area (Å²) in [6.07, 6.45) is 1.72. The number of fused-ring (bicyclic) bond motifs is 1. The molecule has 3 rings (SSSR count). The number of para-hydroxylation sites is 1. The van der Waals surface area contributed by atoms with E-state index in [9.17, 15) is 4.79 Å². The smallest absolute Gasteiger partial charge is 0.318 e. The fourth-order valence-corrected chi connectivity index (χ4v) is 2.28. The molecule has 0 bridgehead atoms. The van der Waals surface area contributed by atoms with E-state index in [-0.39, 0.29) is 6.03 Å². The summed E-state index contributed by atoms with van der Waals surface area (Å²) >= 11 is 0. The van der Waals surface area contributed by atoms with E-state index in [4.69, 9.17) is 4.74 Å². The van der Waals surface area contributed by atoms with Crippen LogP contribution in [0.5, 0.6) is 5.75 Å². The SMILES string of the molecule is O=C(NCc1ccccn1)N1CCOc2ccccc2C1. The van der Waals surface area contributed by atoms with Crippen LogP contribution in [0.1, 0.15) is 11.3 Å². The number of urea groups is 1. The molecule has 5 nitrogen and oxygen atoms in total. The van der Waals surface area contributed by atoms with Crippen molar-refractivity contribution in [3.63, 3.8) is 0 Å². The predicted octanol–water partition coefficient (Wildman–Crippen LogP) is 2.19. The van der Waals surface area contributed by atoms with Crippen LogP contribution in [0, 0.1) is 0 Å². The van der Waals surface area contributed by atoms with Crippen molar-refractivity contribution in [1.82, 2.24) is 15.2 Å². The molecule has 0 spiro atoms. The number of hydrogen-bond acceptors (Lipinski definition) is 3. The Morgan fingerprint density at radius 1 is 1.24 bits per heavy atom. The number of carbonyl (C=O) groups is 1. The molecular weight excluding hydrogens is 266 g/mol. The van der Waals surface area contributed by atoms with Gasteiger partial charge >= 0.3 is 6.03 Å². The van der Waals surface area contributed by atoms with E-state index >= 15 is 0 Å². The number of amides is 2. The molecule has 5 heteroatoms. The van der Waals surface area contributed by atoms with Crippen molar-refractivity contribution in [1.29, 1.82) is 0 Å². The zero-order valence-electron chi connectivity index (χ0n) is 11.7. The molecule has 1 aromatic carbocycles. The fraction of sp³-hybridized carbons (Fsp3) is 0.250. The molecule has 1 aliphatic heterocycles. The van der Waals surface area contributed by atoms with Crippen molar-refractivity contribution in [2.45, 2.75) is 13.1 Å². The van der Waals surface area contributed by atoms with Crippen molar-refractivity contribution in [2.24, 2.45) is 0 Å². The Labute approximate surface area is 123 Å². The topological polar surface area (TPSA) is 54.5 Å². The molecule has 2 aromatic rings. The molecular formula is C16H17N3O2. The zero-order chi connectivity index (χ0) is 14.5. The van der Waals surface area contributed by atoms with Gasteiger partial charge in [-0.3, -0.25) is 4.98 Å². The Hall–Kier alpha value is -2.56. The van der Waals surface area contributed by atoms with E-state index in [0.717, 1.165) is 17.0 Å². The molecule has 108 valence electrons. The summed E-state index contributed by atoms with van der Waals surface area (Å²) in [4.78, 5) is 18.2. The predicted molar refractivity (Wildman–Crippen MR) is 78.8 cm³/mol. The summed E-state index contributed by atoms with van der Waals surface area (Å²) in [5, 5.41) is 2.90. The molecule has 2 heterocycles. The normalized spacial score (nSPS) is 13.8. The van der Waals surface area contributed by atoms with Gasteiger partial charge in [0.25, 0.3) is 0 Å². The second-order valence-corrected chi connectivity index (χ2v) is 4.86. The van der Waals surface area contributed by atoms with Crippen molar-refractivity contribution in [3.8, 4) is 5.75 Å². The molecule has 1 N–H and O–H groups in total. The summed E-state index contributed by atoms with van der Waals surface area (Å²) in [6, 6.07) is 13.4. The number of ether oxygens (including phenoxy) is 1. The molecule has 0 radical (unpaired) electrons. The summed E-state index contributed by atoms with van der Waals surface area (Å²) in [5.74, 6) is 0.859. The first-order chi connectivity index (χ1) is 10.3. The minimum atomic E-state index is -0.0963. The van der Waals surface area contributed by atoms with Crippen molar-refractivity contribution < 1.29 is 9.53 Å². The quantitative estimate of drug-likeness (QED) is 0.919. The molecule has 0 fully saturated rings. The summed E-state index contributed by atoms with van der Waals surface area (Å²) in [7, 11) is 0. The third-order valence-corrected chi connectivity index (χ3v) is 3.39. The van der Waals surface area contributed by atoms with Crippen LogP contribution in [-0.4, -0.2) is 29.1 Å². The number of nitrogens with one attached hydrogen (secondary N) is 1. The van der Waals surface area contributed by atoms with E-state index < -0.39 is 0 Å². The van der Waals surface area contributed by atoms with E-state index in [1.807, 2.05) is 42.5 Å². The van der Waals surface area contributed by atoms with Crippen molar-refractivity contribution in [2.75, 3.05) is 13.2 Å². The summed E-state index contributed by atoms with van der Waals surface area (Å²) in [5.41, 5.74) is 1.88. The van der Waals surface area contributed by atoms with E-state index in [0.29, 0.717) is 26.2 Å². The monoisotopic (exact) mass is 283 g/mol. The number of carbonyl (C=O) groups excluding carboxylic acids is 1. The standard InChI is InChI=1S/C16H17N3O2/c20-16(18-11-14-6-3-4-8-17-14)19-9-10-21-15-7-2-1-5-13(15)12-19/h1-8H,9-12H2,(H,18,20). The molecule has 0 atom stereocenters. The molecule has 1 aliphatic rings. The number of nitrogens with zero attached hydrogens (tertiary/aromatic N) is 2. The minimum absolute atomic E-state index is 0.0963. The van der Waals surface area contributed by atoms with E-state index in [1.54, 1.807) is 11.1 Å². The molecule has 0 saturated carbocycles. The van der Waals surface area contributed by atoms with Gasteiger partial charge in [-0.05, 0) is 18.2 Å². The van der Waals surface area contributed by atoms with Crippen LogP contribution in [-0.2, 0) is 13.1 Å². The average Bonchev–Trinajstić information content (AvgIpc) is 2.76. The van der Waals surface area contributed by atoms with Gasteiger partial charge in [-0.15, -0.1) is 0 Å². The van der Waals surface area contributed by atoms with Crippen LogP contribution in [0.15, 0.2) is 48.7 Å². The number of aromatic nitrogens is 1. The number of rotatable bonds is 2. The van der Waals surface area contributed by atoms with Gasteiger partial charge in [0.05, 0.1) is 25.3 Å². The maximum atomic E-state index is 12.3. The van der Waals surface area contributed by atoms with Crippen LogP contribution in [0.4, 0.5) is 4.79 Å². The summed E-state index contributed by atoms with van der Waals surface area (Å²) in [6.45, 7) is 2.07. The maximum absolute atomic E-state index is 12.3. The van der Waals surface area contributed by atoms with Crippen molar-refractivity contribution in [3.05, 3.63) is 59.9 Å². The van der Waals surface area contributed by atoms with Crippen molar-refractivity contribution >= 4 is 6.03 Å². The van der Waals surface area contributed by atoms with Gasteiger partial charge in [-0.2, -0.15) is 0 Å². The van der Waals surface area contributed by atoms with E-state index in [2.05, 4.69) is 10.3 Å². The highest BCUT2D eigenvalue weighted by atomic mass is 16.5. The Morgan fingerprint density at radius 3 is 2.95 bits per heavy atom. The van der Waals surface area contributed by atoms with Crippen LogP contribution >= 0.6 is 0 Å². The van der Waals surface area contributed by atoms with Crippen LogP contribution in [0.3, 0.4) is 0 Å². The van der Waals surface area contributed by atoms with Gasteiger partial charge in [-0.25, -0.2) is 4.79 Å². The maximum Gasteiger partial charge on any atom is 0.318 e. The highest BCUT2D eigenvalue weighted by Gasteiger charge is 2.19. The molecule has 0 saturated heterocycles. The van der Waals surface area contributed by atoms with Gasteiger partial charge in [0.15, 0.2) is 0 Å². The first-order valence-electron chi connectivity index (χ1n) is 6.96. The molecule has 21 heavy (non-hydrogen) atoms. The van der Waals surface area contributed by atoms with Gasteiger partial charge in [-0.1, -0.05) is 24.3 Å². The van der Waals surface area contributed by atoms with E-state index in [1.165, 1.54) is 0 Å². The first-order valence-corrected chi connectivity index (χ1v) is 6.96. The highest BCUT2D eigenvalue weighted by molar-refractivity contribution is 5.74. The number of pyridine rings is 1. The van der Waals surface area contributed by atoms with Gasteiger partial charge in [0.1, 0.15) is 12.4 Å². The third-order valence-electron chi connectivity index (χ3n) is 3.39. The number of benzene rings is 1. The van der Waals surface area contributed by atoms with Gasteiger partial charge in [0.2, 0.25) is 0 Å². The molecule has 1 aromatic heterocycles. The lowest BCUT2D eigenvalue weighted by atomic mass is 10.2. The van der Waals surface area contributed by atoms with Gasteiger partial charge in [0, 0.05) is 11.8 Å². The zero-order valence-corrected chi connectivity index (χ0v) is 11.7. The van der Waals surface area contributed by atoms with Gasteiger partial charge < -0.3 is 15.0 Å². The Kier molecular flexibility index (Phi) is 4.00. The fourth-order valence-electron chi connectivity index (χ4n) is 2.28. The summed E-state index contributed by atoms with van der Waals surface area (Å²) < 4.78 is 5.66. The minimum Gasteiger partial charge on any atom is -0.491 e. The largest absolute Gasteiger partial charge is 0.491 e. The average molecular weight is 283 g/mol. The highest BCUT2D eigenvalue weighted by Crippen LogP contribution is 2.22. The lowest BCUT2D eigenvalue weighted by Gasteiger charge is -2.20. The third kappa shape index (κ3) is 3.31. The lowest BCUT2D eigenvalue weighted by molar-refractivity contribution is 0.187. The molecule has 2 amide bonds. The first kappa shape index (κ1) is 13.4. The Bertz CT molecular complexity index is 616. The molecule has 0 unspecified atom stereocenters.